The summed E-state index contributed by atoms with van der Waals surface area (Å²) < 4.78 is 5.98. The molecule has 0 spiro atoms. The predicted octanol–water partition coefficient (Wildman–Crippen LogP) is 4.78. The van der Waals surface area contributed by atoms with E-state index in [1.165, 1.54) is 0 Å². The van der Waals surface area contributed by atoms with Gasteiger partial charge in [-0.15, -0.1) is 0 Å². The summed E-state index contributed by atoms with van der Waals surface area (Å²) in [7, 11) is 0. The zero-order valence-electron chi connectivity index (χ0n) is 13.6. The molecule has 1 unspecified atom stereocenters. The molecule has 0 amide bonds. The molecule has 0 radical (unpaired) electrons. The highest BCUT2D eigenvalue weighted by atomic mass is 35.5. The molecule has 2 nitrogen and oxygen atoms in total. The van der Waals surface area contributed by atoms with Crippen LogP contribution < -0.4 is 10.1 Å². The van der Waals surface area contributed by atoms with Gasteiger partial charge in [0.1, 0.15) is 5.75 Å². The Bertz CT molecular complexity index is 429. The average molecular weight is 298 g/mol. The van der Waals surface area contributed by atoms with Gasteiger partial charge in [0.05, 0.1) is 6.61 Å². The first-order chi connectivity index (χ1) is 9.31. The van der Waals surface area contributed by atoms with Crippen LogP contribution in [-0.4, -0.2) is 19.2 Å². The van der Waals surface area contributed by atoms with Gasteiger partial charge in [0.15, 0.2) is 0 Å². The van der Waals surface area contributed by atoms with Crippen molar-refractivity contribution in [3.8, 4) is 5.75 Å². The lowest BCUT2D eigenvalue weighted by atomic mass is 10.0. The molecule has 0 fully saturated rings. The summed E-state index contributed by atoms with van der Waals surface area (Å²) in [5.41, 5.74) is 2.25. The summed E-state index contributed by atoms with van der Waals surface area (Å²) in [6, 6.07) is 4.61. The Hall–Kier alpha value is -0.730. The van der Waals surface area contributed by atoms with E-state index >= 15 is 0 Å². The van der Waals surface area contributed by atoms with E-state index in [9.17, 15) is 0 Å². The average Bonchev–Trinajstić information content (AvgIpc) is 2.34. The van der Waals surface area contributed by atoms with E-state index in [1.807, 2.05) is 13.0 Å². The summed E-state index contributed by atoms with van der Waals surface area (Å²) in [4.78, 5) is 0. The van der Waals surface area contributed by atoms with Crippen LogP contribution in [0.1, 0.15) is 51.7 Å². The van der Waals surface area contributed by atoms with E-state index in [4.69, 9.17) is 16.3 Å². The summed E-state index contributed by atoms with van der Waals surface area (Å²) in [5.74, 6) is 1.84. The second-order valence-corrected chi connectivity index (χ2v) is 6.68. The Morgan fingerprint density at radius 1 is 1.15 bits per heavy atom. The number of rotatable bonds is 7. The van der Waals surface area contributed by atoms with Gasteiger partial charge < -0.3 is 10.1 Å². The van der Waals surface area contributed by atoms with Gasteiger partial charge in [-0.25, -0.2) is 0 Å². The topological polar surface area (TPSA) is 21.3 Å². The molecule has 0 aromatic heterocycles. The lowest BCUT2D eigenvalue weighted by Gasteiger charge is -2.18. The number of halogens is 1. The van der Waals surface area contributed by atoms with Crippen molar-refractivity contribution in [3.05, 3.63) is 28.3 Å². The monoisotopic (exact) mass is 297 g/mol. The van der Waals surface area contributed by atoms with E-state index in [-0.39, 0.29) is 0 Å². The van der Waals surface area contributed by atoms with Crippen LogP contribution in [0.3, 0.4) is 0 Å². The fourth-order valence-corrected chi connectivity index (χ4v) is 2.43. The number of nitrogens with one attached hydrogen (secondary N) is 1. The summed E-state index contributed by atoms with van der Waals surface area (Å²) >= 11 is 6.28. The van der Waals surface area contributed by atoms with Crippen molar-refractivity contribution in [2.75, 3.05) is 13.2 Å². The lowest BCUT2D eigenvalue weighted by molar-refractivity contribution is 0.251. The van der Waals surface area contributed by atoms with Crippen LogP contribution in [0.5, 0.6) is 5.75 Å². The zero-order valence-corrected chi connectivity index (χ0v) is 14.3. The largest absolute Gasteiger partial charge is 0.493 e. The maximum absolute atomic E-state index is 6.28. The normalized spacial score (nSPS) is 13.1. The molecular formula is C17H28ClNO. The van der Waals surface area contributed by atoms with Crippen LogP contribution in [0.4, 0.5) is 0 Å². The van der Waals surface area contributed by atoms with E-state index in [0.29, 0.717) is 17.9 Å². The van der Waals surface area contributed by atoms with E-state index in [0.717, 1.165) is 35.1 Å². The van der Waals surface area contributed by atoms with E-state index < -0.39 is 0 Å². The Labute approximate surface area is 128 Å². The third-order valence-corrected chi connectivity index (χ3v) is 3.64. The fraction of sp³-hybridized carbons (Fsp3) is 0.647. The molecule has 0 bridgehead atoms. The van der Waals surface area contributed by atoms with Gasteiger partial charge in [0, 0.05) is 23.5 Å². The van der Waals surface area contributed by atoms with Crippen LogP contribution >= 0.6 is 11.6 Å². The first-order valence-electron chi connectivity index (χ1n) is 7.47. The molecule has 0 aliphatic carbocycles. The Morgan fingerprint density at radius 3 is 2.35 bits per heavy atom. The number of benzene rings is 1. The smallest absolute Gasteiger partial charge is 0.122 e. The number of hydrogen-bond donors (Lipinski definition) is 1. The molecule has 0 aliphatic rings. The van der Waals surface area contributed by atoms with Gasteiger partial charge in [0.25, 0.3) is 0 Å². The SMILES string of the molecule is Cc1cc(Cl)c(C(C)C)cc1OCC(C)CNC(C)C. The van der Waals surface area contributed by atoms with Gasteiger partial charge in [-0.1, -0.05) is 46.2 Å². The second kappa shape index (κ2) is 7.90. The standard InChI is InChI=1S/C17H28ClNO/c1-11(2)15-8-17(14(6)7-16(15)18)20-10-13(5)9-19-12(3)4/h7-8,11-13,19H,9-10H2,1-6H3. The summed E-state index contributed by atoms with van der Waals surface area (Å²) in [5, 5.41) is 4.27. The lowest BCUT2D eigenvalue weighted by Crippen LogP contribution is -2.30. The van der Waals surface area contributed by atoms with Crippen LogP contribution in [0.15, 0.2) is 12.1 Å². The van der Waals surface area contributed by atoms with Crippen molar-refractivity contribution in [2.24, 2.45) is 5.92 Å². The van der Waals surface area contributed by atoms with Crippen molar-refractivity contribution in [2.45, 2.75) is 53.5 Å². The molecule has 0 aliphatic heterocycles. The first-order valence-corrected chi connectivity index (χ1v) is 7.85. The molecule has 0 heterocycles. The molecule has 1 N–H and O–H groups in total. The molecule has 1 atom stereocenters. The molecular weight excluding hydrogens is 270 g/mol. The number of ether oxygens (including phenoxy) is 1. The highest BCUT2D eigenvalue weighted by Crippen LogP contribution is 2.31. The highest BCUT2D eigenvalue weighted by Gasteiger charge is 2.11. The maximum atomic E-state index is 6.28. The Kier molecular flexibility index (Phi) is 6.84. The molecule has 3 heteroatoms. The van der Waals surface area contributed by atoms with Crippen molar-refractivity contribution >= 4 is 11.6 Å². The molecule has 114 valence electrons. The minimum atomic E-state index is 0.408. The predicted molar refractivity (Wildman–Crippen MR) is 88.1 cm³/mol. The quantitative estimate of drug-likeness (QED) is 0.781. The van der Waals surface area contributed by atoms with E-state index in [1.54, 1.807) is 0 Å². The summed E-state index contributed by atoms with van der Waals surface area (Å²) in [6.07, 6.45) is 0. The third kappa shape index (κ3) is 5.34. The molecule has 20 heavy (non-hydrogen) atoms. The van der Waals surface area contributed by atoms with Gasteiger partial charge >= 0.3 is 0 Å². The Morgan fingerprint density at radius 2 is 1.80 bits per heavy atom. The van der Waals surface area contributed by atoms with Gasteiger partial charge in [-0.05, 0) is 36.1 Å². The molecule has 1 aromatic carbocycles. The van der Waals surface area contributed by atoms with Crippen molar-refractivity contribution < 1.29 is 4.74 Å². The number of aryl methyl sites for hydroxylation is 1. The minimum Gasteiger partial charge on any atom is -0.493 e. The van der Waals surface area contributed by atoms with Gasteiger partial charge in [-0.2, -0.15) is 0 Å². The molecule has 1 rings (SSSR count). The van der Waals surface area contributed by atoms with Crippen LogP contribution in [-0.2, 0) is 0 Å². The molecule has 0 saturated carbocycles. The van der Waals surface area contributed by atoms with Crippen molar-refractivity contribution in [1.82, 2.24) is 5.32 Å². The van der Waals surface area contributed by atoms with Crippen LogP contribution in [0.25, 0.3) is 0 Å². The first kappa shape index (κ1) is 17.3. The third-order valence-electron chi connectivity index (χ3n) is 3.31. The van der Waals surface area contributed by atoms with Crippen molar-refractivity contribution in [3.63, 3.8) is 0 Å². The zero-order chi connectivity index (χ0) is 15.3. The summed E-state index contributed by atoms with van der Waals surface area (Å²) in [6.45, 7) is 14.6. The maximum Gasteiger partial charge on any atom is 0.122 e. The number of hydrogen-bond acceptors (Lipinski definition) is 2. The minimum absolute atomic E-state index is 0.408. The van der Waals surface area contributed by atoms with E-state index in [2.05, 4.69) is 46.0 Å². The highest BCUT2D eigenvalue weighted by molar-refractivity contribution is 6.31. The molecule has 1 aromatic rings. The van der Waals surface area contributed by atoms with Gasteiger partial charge in [-0.3, -0.25) is 0 Å². The van der Waals surface area contributed by atoms with Crippen LogP contribution in [0, 0.1) is 12.8 Å². The van der Waals surface area contributed by atoms with Crippen molar-refractivity contribution in [1.29, 1.82) is 0 Å². The van der Waals surface area contributed by atoms with Crippen LogP contribution in [0.2, 0.25) is 5.02 Å². The van der Waals surface area contributed by atoms with Gasteiger partial charge in [0.2, 0.25) is 0 Å². The molecule has 0 saturated heterocycles. The second-order valence-electron chi connectivity index (χ2n) is 6.27. The fourth-order valence-electron chi connectivity index (χ4n) is 1.99. The Balaban J connectivity index is 2.65.